The third-order valence-electron chi connectivity index (χ3n) is 4.61. The van der Waals surface area contributed by atoms with Gasteiger partial charge in [0.15, 0.2) is 0 Å². The SMILES string of the molecule is CNC1CCCCCC1c1cccc2ccccc12. The molecule has 1 fully saturated rings. The first-order chi connectivity index (χ1) is 9.40. The Labute approximate surface area is 116 Å². The molecule has 0 amide bonds. The van der Waals surface area contributed by atoms with Crippen LogP contribution in [0.25, 0.3) is 10.8 Å². The molecule has 2 aromatic rings. The Bertz CT molecular complexity index is 541. The molecular formula is C18H23N. The van der Waals surface area contributed by atoms with E-state index < -0.39 is 0 Å². The van der Waals surface area contributed by atoms with Crippen molar-refractivity contribution in [1.82, 2.24) is 5.32 Å². The molecule has 1 aliphatic carbocycles. The third kappa shape index (κ3) is 2.52. The van der Waals surface area contributed by atoms with Gasteiger partial charge in [-0.1, -0.05) is 61.7 Å². The highest BCUT2D eigenvalue weighted by molar-refractivity contribution is 5.86. The fourth-order valence-electron chi connectivity index (χ4n) is 3.60. The van der Waals surface area contributed by atoms with Gasteiger partial charge in [-0.3, -0.25) is 0 Å². The average molecular weight is 253 g/mol. The maximum atomic E-state index is 3.56. The molecule has 1 aliphatic rings. The summed E-state index contributed by atoms with van der Waals surface area (Å²) in [5.41, 5.74) is 1.54. The van der Waals surface area contributed by atoms with E-state index in [0.29, 0.717) is 12.0 Å². The lowest BCUT2D eigenvalue weighted by atomic mass is 9.85. The molecule has 19 heavy (non-hydrogen) atoms. The Hall–Kier alpha value is -1.34. The highest BCUT2D eigenvalue weighted by Crippen LogP contribution is 2.35. The fourth-order valence-corrected chi connectivity index (χ4v) is 3.60. The van der Waals surface area contributed by atoms with Gasteiger partial charge in [-0.25, -0.2) is 0 Å². The highest BCUT2D eigenvalue weighted by atomic mass is 14.9. The number of rotatable bonds is 2. The van der Waals surface area contributed by atoms with E-state index in [1.807, 2.05) is 0 Å². The summed E-state index contributed by atoms with van der Waals surface area (Å²) in [7, 11) is 2.12. The van der Waals surface area contributed by atoms with Crippen LogP contribution < -0.4 is 5.32 Å². The molecule has 0 heterocycles. The van der Waals surface area contributed by atoms with E-state index >= 15 is 0 Å². The van der Waals surface area contributed by atoms with E-state index in [-0.39, 0.29) is 0 Å². The lowest BCUT2D eigenvalue weighted by molar-refractivity contribution is 0.441. The van der Waals surface area contributed by atoms with E-state index in [2.05, 4.69) is 54.8 Å². The van der Waals surface area contributed by atoms with Crippen LogP contribution >= 0.6 is 0 Å². The number of fused-ring (bicyclic) bond motifs is 1. The molecular weight excluding hydrogens is 230 g/mol. The lowest BCUT2D eigenvalue weighted by Crippen LogP contribution is -2.31. The van der Waals surface area contributed by atoms with Crippen LogP contribution in [0, 0.1) is 0 Å². The summed E-state index contributed by atoms with van der Waals surface area (Å²) in [5.74, 6) is 0.665. The average Bonchev–Trinajstić information content (AvgIpc) is 2.71. The van der Waals surface area contributed by atoms with Crippen molar-refractivity contribution in [1.29, 1.82) is 0 Å². The zero-order valence-electron chi connectivity index (χ0n) is 11.7. The fraction of sp³-hybridized carbons (Fsp3) is 0.444. The van der Waals surface area contributed by atoms with Crippen molar-refractivity contribution >= 4 is 10.8 Å². The van der Waals surface area contributed by atoms with Gasteiger partial charge >= 0.3 is 0 Å². The summed E-state index contributed by atoms with van der Waals surface area (Å²) in [6.45, 7) is 0. The Kier molecular flexibility index (Phi) is 3.84. The smallest absolute Gasteiger partial charge is 0.0133 e. The molecule has 2 aromatic carbocycles. The number of hydrogen-bond acceptors (Lipinski definition) is 1. The van der Waals surface area contributed by atoms with Gasteiger partial charge in [-0.05, 0) is 42.1 Å². The second-order valence-corrected chi connectivity index (χ2v) is 5.71. The molecule has 1 N–H and O–H groups in total. The van der Waals surface area contributed by atoms with Gasteiger partial charge in [0.2, 0.25) is 0 Å². The van der Waals surface area contributed by atoms with E-state index in [1.165, 1.54) is 42.9 Å². The third-order valence-corrected chi connectivity index (χ3v) is 4.61. The van der Waals surface area contributed by atoms with Crippen molar-refractivity contribution < 1.29 is 0 Å². The minimum atomic E-state index is 0.633. The van der Waals surface area contributed by atoms with E-state index in [9.17, 15) is 0 Å². The van der Waals surface area contributed by atoms with Crippen LogP contribution in [-0.4, -0.2) is 13.1 Å². The largest absolute Gasteiger partial charge is 0.316 e. The van der Waals surface area contributed by atoms with Crippen LogP contribution in [0.2, 0.25) is 0 Å². The molecule has 0 aromatic heterocycles. The maximum Gasteiger partial charge on any atom is 0.0133 e. The van der Waals surface area contributed by atoms with E-state index in [1.54, 1.807) is 5.56 Å². The normalized spacial score (nSPS) is 24.3. The van der Waals surface area contributed by atoms with Crippen molar-refractivity contribution in [3.63, 3.8) is 0 Å². The van der Waals surface area contributed by atoms with Crippen molar-refractivity contribution in [3.8, 4) is 0 Å². The van der Waals surface area contributed by atoms with Crippen molar-refractivity contribution in [2.75, 3.05) is 7.05 Å². The van der Waals surface area contributed by atoms with Crippen LogP contribution in [-0.2, 0) is 0 Å². The molecule has 100 valence electrons. The first-order valence-corrected chi connectivity index (χ1v) is 7.55. The van der Waals surface area contributed by atoms with Gasteiger partial charge in [-0.15, -0.1) is 0 Å². The summed E-state index contributed by atoms with van der Waals surface area (Å²) in [5, 5.41) is 6.37. The Morgan fingerprint density at radius 1 is 0.895 bits per heavy atom. The second kappa shape index (κ2) is 5.75. The number of likely N-dealkylation sites (N-methyl/N-ethyl adjacent to an activating group) is 1. The van der Waals surface area contributed by atoms with Gasteiger partial charge in [0, 0.05) is 6.04 Å². The molecule has 2 atom stereocenters. The van der Waals surface area contributed by atoms with Gasteiger partial charge in [-0.2, -0.15) is 0 Å². The molecule has 3 rings (SSSR count). The molecule has 2 unspecified atom stereocenters. The second-order valence-electron chi connectivity index (χ2n) is 5.71. The van der Waals surface area contributed by atoms with Crippen LogP contribution in [0.3, 0.4) is 0 Å². The van der Waals surface area contributed by atoms with E-state index in [4.69, 9.17) is 0 Å². The number of hydrogen-bond donors (Lipinski definition) is 1. The molecule has 1 saturated carbocycles. The number of benzene rings is 2. The first kappa shape index (κ1) is 12.7. The predicted molar refractivity (Wildman–Crippen MR) is 82.6 cm³/mol. The van der Waals surface area contributed by atoms with Crippen molar-refractivity contribution in [2.24, 2.45) is 0 Å². The van der Waals surface area contributed by atoms with Crippen LogP contribution in [0.15, 0.2) is 42.5 Å². The topological polar surface area (TPSA) is 12.0 Å². The summed E-state index contributed by atoms with van der Waals surface area (Å²) >= 11 is 0. The summed E-state index contributed by atoms with van der Waals surface area (Å²) in [6, 6.07) is 16.2. The van der Waals surface area contributed by atoms with Gasteiger partial charge in [0.05, 0.1) is 0 Å². The molecule has 0 bridgehead atoms. The minimum Gasteiger partial charge on any atom is -0.316 e. The highest BCUT2D eigenvalue weighted by Gasteiger charge is 2.24. The summed E-state index contributed by atoms with van der Waals surface area (Å²) in [6.07, 6.45) is 6.75. The molecule has 1 heteroatoms. The number of nitrogens with one attached hydrogen (secondary N) is 1. The molecule has 0 spiro atoms. The van der Waals surface area contributed by atoms with Crippen LogP contribution in [0.5, 0.6) is 0 Å². The monoisotopic (exact) mass is 253 g/mol. The lowest BCUT2D eigenvalue weighted by Gasteiger charge is -2.26. The first-order valence-electron chi connectivity index (χ1n) is 7.55. The minimum absolute atomic E-state index is 0.633. The standard InChI is InChI=1S/C18H23N/c1-19-18-13-4-2-3-11-17(18)16-12-7-9-14-8-5-6-10-15(14)16/h5-10,12,17-19H,2-4,11,13H2,1H3. The quantitative estimate of drug-likeness (QED) is 0.778. The van der Waals surface area contributed by atoms with Gasteiger partial charge < -0.3 is 5.32 Å². The zero-order chi connectivity index (χ0) is 13.1. The Morgan fingerprint density at radius 3 is 2.58 bits per heavy atom. The zero-order valence-corrected chi connectivity index (χ0v) is 11.7. The Balaban J connectivity index is 2.06. The summed E-state index contributed by atoms with van der Waals surface area (Å²) in [4.78, 5) is 0. The molecule has 0 saturated heterocycles. The molecule has 0 radical (unpaired) electrons. The predicted octanol–water partition coefficient (Wildman–Crippen LogP) is 4.48. The van der Waals surface area contributed by atoms with Crippen LogP contribution in [0.1, 0.15) is 43.6 Å². The van der Waals surface area contributed by atoms with Crippen LogP contribution in [0.4, 0.5) is 0 Å². The van der Waals surface area contributed by atoms with Crippen molar-refractivity contribution in [3.05, 3.63) is 48.0 Å². The molecule has 0 aliphatic heterocycles. The van der Waals surface area contributed by atoms with Gasteiger partial charge in [0.25, 0.3) is 0 Å². The van der Waals surface area contributed by atoms with Gasteiger partial charge in [0.1, 0.15) is 0 Å². The maximum absolute atomic E-state index is 3.56. The Morgan fingerprint density at radius 2 is 1.68 bits per heavy atom. The summed E-state index contributed by atoms with van der Waals surface area (Å²) < 4.78 is 0. The van der Waals surface area contributed by atoms with Crippen molar-refractivity contribution in [2.45, 2.75) is 44.1 Å². The molecule has 1 nitrogen and oxygen atoms in total. The van der Waals surface area contributed by atoms with E-state index in [0.717, 1.165) is 0 Å².